The van der Waals surface area contributed by atoms with Crippen LogP contribution in [0.3, 0.4) is 0 Å². The zero-order valence-electron chi connectivity index (χ0n) is 18.0. The molecule has 1 saturated heterocycles. The molecule has 0 radical (unpaired) electrons. The number of hydrogen-bond acceptors (Lipinski definition) is 5. The van der Waals surface area contributed by atoms with E-state index in [1.165, 1.54) is 38.6 Å². The third kappa shape index (κ3) is 4.17. The van der Waals surface area contributed by atoms with Gasteiger partial charge in [-0.15, -0.1) is 0 Å². The number of H-pyrrole nitrogens is 1. The number of fused-ring (bicyclic) bond motifs is 1. The van der Waals surface area contributed by atoms with Crippen molar-refractivity contribution in [1.29, 1.82) is 0 Å². The molecule has 1 aromatic heterocycles. The van der Waals surface area contributed by atoms with Gasteiger partial charge in [-0.25, -0.2) is 5.10 Å². The molecule has 0 unspecified atom stereocenters. The zero-order valence-corrected chi connectivity index (χ0v) is 18.0. The topological polar surface area (TPSA) is 78.2 Å². The maximum Gasteiger partial charge on any atom is 0.272 e. The first kappa shape index (κ1) is 20.1. The summed E-state index contributed by atoms with van der Waals surface area (Å²) in [6.45, 7) is 5.48. The second-order valence-corrected chi connectivity index (χ2v) is 9.01. The molecule has 31 heavy (non-hydrogen) atoms. The maximum atomic E-state index is 12.1. The molecule has 2 aliphatic rings. The minimum absolute atomic E-state index is 0.171. The molecular weight excluding hydrogens is 386 g/mol. The summed E-state index contributed by atoms with van der Waals surface area (Å²) in [5, 5.41) is 8.41. The van der Waals surface area contributed by atoms with Crippen molar-refractivity contribution in [3.63, 3.8) is 0 Å². The number of nitrogens with zero attached hydrogens (tertiary/aromatic N) is 3. The van der Waals surface area contributed by atoms with Gasteiger partial charge in [0.2, 0.25) is 0 Å². The Balaban J connectivity index is 1.31. The molecule has 6 heteroatoms. The van der Waals surface area contributed by atoms with Gasteiger partial charge in [-0.2, -0.15) is 5.10 Å². The minimum Gasteiger partial charge on any atom is -0.397 e. The molecule has 2 aromatic carbocycles. The van der Waals surface area contributed by atoms with Gasteiger partial charge in [-0.3, -0.25) is 9.69 Å². The SMILES string of the molecule is Nc1cc(-c2n[nH]c(=O)c3ccccc23)ccc1N1CCN(CC2CCCCC2)CC1. The van der Waals surface area contributed by atoms with Crippen molar-refractivity contribution in [3.8, 4) is 11.3 Å². The third-order valence-corrected chi connectivity index (χ3v) is 6.95. The second kappa shape index (κ2) is 8.71. The first-order valence-corrected chi connectivity index (χ1v) is 11.5. The second-order valence-electron chi connectivity index (χ2n) is 9.01. The standard InChI is InChI=1S/C25H31N5O/c26-22-16-19(24-20-8-4-5-9-21(20)25(31)28-27-24)10-11-23(22)30-14-12-29(13-15-30)17-18-6-2-1-3-7-18/h4-5,8-11,16,18H,1-3,6-7,12-15,17,26H2,(H,28,31). The van der Waals surface area contributed by atoms with Crippen molar-refractivity contribution in [2.75, 3.05) is 43.4 Å². The lowest BCUT2D eigenvalue weighted by Crippen LogP contribution is -2.48. The summed E-state index contributed by atoms with van der Waals surface area (Å²) in [7, 11) is 0. The highest BCUT2D eigenvalue weighted by molar-refractivity contribution is 5.94. The number of nitrogens with one attached hydrogen (secondary N) is 1. The van der Waals surface area contributed by atoms with Crippen LogP contribution in [0.25, 0.3) is 22.0 Å². The molecule has 3 N–H and O–H groups in total. The molecular formula is C25H31N5O. The van der Waals surface area contributed by atoms with Crippen molar-refractivity contribution >= 4 is 22.1 Å². The molecule has 1 aliphatic carbocycles. The van der Waals surface area contributed by atoms with Gasteiger partial charge in [0.05, 0.1) is 22.5 Å². The van der Waals surface area contributed by atoms with Gasteiger partial charge >= 0.3 is 0 Å². The smallest absolute Gasteiger partial charge is 0.272 e. The van der Waals surface area contributed by atoms with Crippen LogP contribution in [0.2, 0.25) is 0 Å². The fourth-order valence-electron chi connectivity index (χ4n) is 5.23. The highest BCUT2D eigenvalue weighted by atomic mass is 16.1. The number of nitrogens with two attached hydrogens (primary N) is 1. The average Bonchev–Trinajstić information content (AvgIpc) is 2.81. The summed E-state index contributed by atoms with van der Waals surface area (Å²) < 4.78 is 0. The molecule has 0 amide bonds. The lowest BCUT2D eigenvalue weighted by molar-refractivity contribution is 0.192. The van der Waals surface area contributed by atoms with E-state index in [2.05, 4.69) is 32.1 Å². The van der Waals surface area contributed by atoms with Crippen LogP contribution >= 0.6 is 0 Å². The number of nitrogen functional groups attached to an aromatic ring is 1. The number of benzene rings is 2. The van der Waals surface area contributed by atoms with Crippen LogP contribution in [0.1, 0.15) is 32.1 Å². The number of hydrogen-bond donors (Lipinski definition) is 2. The Morgan fingerprint density at radius 3 is 2.45 bits per heavy atom. The highest BCUT2D eigenvalue weighted by Gasteiger charge is 2.22. The summed E-state index contributed by atoms with van der Waals surface area (Å²) in [6.07, 6.45) is 7.05. The maximum absolute atomic E-state index is 12.1. The van der Waals surface area contributed by atoms with Gasteiger partial charge in [-0.1, -0.05) is 43.5 Å². The fraction of sp³-hybridized carbons (Fsp3) is 0.440. The number of rotatable bonds is 4. The summed E-state index contributed by atoms with van der Waals surface area (Å²) in [6, 6.07) is 13.7. The largest absolute Gasteiger partial charge is 0.397 e. The van der Waals surface area contributed by atoms with E-state index >= 15 is 0 Å². The molecule has 2 fully saturated rings. The third-order valence-electron chi connectivity index (χ3n) is 6.95. The Hall–Kier alpha value is -2.86. The zero-order chi connectivity index (χ0) is 21.2. The van der Waals surface area contributed by atoms with Crippen molar-refractivity contribution < 1.29 is 0 Å². The van der Waals surface area contributed by atoms with E-state index in [1.54, 1.807) is 0 Å². The molecule has 1 saturated carbocycles. The van der Waals surface area contributed by atoms with E-state index in [0.29, 0.717) is 5.39 Å². The average molecular weight is 418 g/mol. The molecule has 0 atom stereocenters. The Bertz CT molecular complexity index is 1110. The number of aromatic nitrogens is 2. The predicted molar refractivity (Wildman–Crippen MR) is 127 cm³/mol. The van der Waals surface area contributed by atoms with Gasteiger partial charge < -0.3 is 10.6 Å². The van der Waals surface area contributed by atoms with Crippen molar-refractivity contribution in [3.05, 3.63) is 52.8 Å². The Morgan fingerprint density at radius 2 is 1.71 bits per heavy atom. The fourth-order valence-corrected chi connectivity index (χ4v) is 5.23. The predicted octanol–water partition coefficient (Wildman–Crippen LogP) is 3.87. The van der Waals surface area contributed by atoms with E-state index in [1.807, 2.05) is 30.3 Å². The Morgan fingerprint density at radius 1 is 0.968 bits per heavy atom. The quantitative estimate of drug-likeness (QED) is 0.630. The van der Waals surface area contributed by atoms with E-state index in [0.717, 1.165) is 60.1 Å². The minimum atomic E-state index is -0.171. The molecule has 162 valence electrons. The van der Waals surface area contributed by atoms with Crippen LogP contribution in [0, 0.1) is 5.92 Å². The van der Waals surface area contributed by atoms with Gasteiger partial charge in [0.25, 0.3) is 5.56 Å². The lowest BCUT2D eigenvalue weighted by atomic mass is 9.89. The number of piperazine rings is 1. The van der Waals surface area contributed by atoms with Crippen molar-refractivity contribution in [2.24, 2.45) is 5.92 Å². The normalized spacial score (nSPS) is 18.5. The van der Waals surface area contributed by atoms with E-state index in [4.69, 9.17) is 5.73 Å². The molecule has 1 aliphatic heterocycles. The van der Waals surface area contributed by atoms with Gasteiger partial charge in [0.1, 0.15) is 0 Å². The summed E-state index contributed by atoms with van der Waals surface area (Å²) in [4.78, 5) is 17.1. The monoisotopic (exact) mass is 417 g/mol. The molecule has 0 bridgehead atoms. The Kier molecular flexibility index (Phi) is 5.64. The van der Waals surface area contributed by atoms with Crippen LogP contribution in [0.15, 0.2) is 47.3 Å². The van der Waals surface area contributed by atoms with E-state index in [-0.39, 0.29) is 5.56 Å². The van der Waals surface area contributed by atoms with Gasteiger partial charge in [-0.05, 0) is 37.0 Å². The van der Waals surface area contributed by atoms with Crippen molar-refractivity contribution in [2.45, 2.75) is 32.1 Å². The molecule has 5 rings (SSSR count). The van der Waals surface area contributed by atoms with Crippen LogP contribution in [0.4, 0.5) is 11.4 Å². The summed E-state index contributed by atoms with van der Waals surface area (Å²) in [5.41, 5.74) is 9.85. The van der Waals surface area contributed by atoms with Crippen LogP contribution < -0.4 is 16.2 Å². The molecule has 6 nitrogen and oxygen atoms in total. The van der Waals surface area contributed by atoms with E-state index < -0.39 is 0 Å². The first-order valence-electron chi connectivity index (χ1n) is 11.5. The number of anilines is 2. The van der Waals surface area contributed by atoms with Crippen LogP contribution in [-0.4, -0.2) is 47.8 Å². The van der Waals surface area contributed by atoms with Gasteiger partial charge in [0.15, 0.2) is 0 Å². The molecule has 0 spiro atoms. The van der Waals surface area contributed by atoms with E-state index in [9.17, 15) is 4.79 Å². The number of aromatic amines is 1. The van der Waals surface area contributed by atoms with Crippen LogP contribution in [-0.2, 0) is 0 Å². The Labute approximate surface area is 183 Å². The molecule has 3 aromatic rings. The first-order chi connectivity index (χ1) is 15.2. The summed E-state index contributed by atoms with van der Waals surface area (Å²) in [5.74, 6) is 0.893. The lowest BCUT2D eigenvalue weighted by Gasteiger charge is -2.38. The highest BCUT2D eigenvalue weighted by Crippen LogP contribution is 2.32. The van der Waals surface area contributed by atoms with Gasteiger partial charge in [0, 0.05) is 43.7 Å². The van der Waals surface area contributed by atoms with Crippen molar-refractivity contribution in [1.82, 2.24) is 15.1 Å². The molecule has 2 heterocycles. The summed E-state index contributed by atoms with van der Waals surface area (Å²) >= 11 is 0. The van der Waals surface area contributed by atoms with Crippen LogP contribution in [0.5, 0.6) is 0 Å².